The Labute approximate surface area is 286 Å². The molecule has 1 aliphatic rings. The van der Waals surface area contributed by atoms with Crippen molar-refractivity contribution in [3.05, 3.63) is 71.3 Å². The molecular weight excluding hydrogens is 660 g/mol. The van der Waals surface area contributed by atoms with Crippen LogP contribution in [0.4, 0.5) is 4.79 Å². The second kappa shape index (κ2) is 16.3. The molecule has 1 heterocycles. The number of fused-ring (bicyclic) bond motifs is 1. The molecule has 0 bridgehead atoms. The Hall–Kier alpha value is -6.12. The smallest absolute Gasteiger partial charge is 0.481 e. The van der Waals surface area contributed by atoms with E-state index in [-0.39, 0.29) is 53.1 Å². The monoisotopic (exact) mass is 694 g/mol. The first kappa shape index (κ1) is 36.7. The molecule has 15 nitrogen and oxygen atoms in total. The van der Waals surface area contributed by atoms with Crippen molar-refractivity contribution in [3.8, 4) is 34.5 Å². The number of ether oxygens (including phenoxy) is 9. The highest BCUT2D eigenvalue weighted by atomic mass is 16.8. The first-order valence-corrected chi connectivity index (χ1v) is 15.2. The van der Waals surface area contributed by atoms with Crippen molar-refractivity contribution in [1.82, 2.24) is 0 Å². The Morgan fingerprint density at radius 1 is 0.780 bits per heavy atom. The molecule has 0 saturated heterocycles. The van der Waals surface area contributed by atoms with E-state index < -0.39 is 54.5 Å². The standard InChI is InChI=1S/C35H34O15/c1-7-42-35(41)48-22(6)47-33-29(45-20(4)38)13-24(14-30(33)46-21(5)39)34(40)50-31-17-26-27(44-19(3)37)15-25(43-18(2)36)16-28(26)49-32(31)23-11-9-8-10-12-23/h8-16,22,31-32H,7,17H2,1-6H3/t22?,31-,32-/m1/s1. The minimum atomic E-state index is -1.32. The van der Waals surface area contributed by atoms with Gasteiger partial charge in [-0.25, -0.2) is 9.59 Å². The zero-order chi connectivity index (χ0) is 36.5. The molecule has 0 radical (unpaired) electrons. The summed E-state index contributed by atoms with van der Waals surface area (Å²) in [5, 5.41) is 0. The van der Waals surface area contributed by atoms with Crippen molar-refractivity contribution in [2.24, 2.45) is 0 Å². The molecule has 0 N–H and O–H groups in total. The van der Waals surface area contributed by atoms with Crippen LogP contribution in [-0.2, 0) is 39.8 Å². The van der Waals surface area contributed by atoms with Crippen LogP contribution in [0.3, 0.4) is 0 Å². The fourth-order valence-electron chi connectivity index (χ4n) is 4.88. The van der Waals surface area contributed by atoms with E-state index in [9.17, 15) is 28.8 Å². The first-order valence-electron chi connectivity index (χ1n) is 15.2. The SMILES string of the molecule is CCOC(=O)OC(C)Oc1c(OC(C)=O)cc(C(=O)O[C@@H]2Cc3c(OC(C)=O)cc(OC(C)=O)cc3O[C@@H]2c2ccccc2)cc1OC(C)=O. The second-order valence-electron chi connectivity index (χ2n) is 10.7. The Morgan fingerprint density at radius 3 is 1.92 bits per heavy atom. The van der Waals surface area contributed by atoms with E-state index in [4.69, 9.17) is 42.6 Å². The molecule has 3 aromatic rings. The molecule has 0 aromatic heterocycles. The molecule has 0 saturated carbocycles. The van der Waals surface area contributed by atoms with Crippen molar-refractivity contribution >= 4 is 36.0 Å². The highest BCUT2D eigenvalue weighted by Crippen LogP contribution is 2.45. The average molecular weight is 695 g/mol. The molecule has 50 heavy (non-hydrogen) atoms. The number of hydrogen-bond acceptors (Lipinski definition) is 15. The van der Waals surface area contributed by atoms with Gasteiger partial charge in [-0.05, 0) is 24.6 Å². The van der Waals surface area contributed by atoms with Gasteiger partial charge in [-0.2, -0.15) is 0 Å². The highest BCUT2D eigenvalue weighted by Gasteiger charge is 2.37. The zero-order valence-electron chi connectivity index (χ0n) is 28.0. The molecular formula is C35H34O15. The van der Waals surface area contributed by atoms with Gasteiger partial charge in [0, 0.05) is 58.7 Å². The maximum absolute atomic E-state index is 13.8. The van der Waals surface area contributed by atoms with Crippen LogP contribution < -0.4 is 28.4 Å². The van der Waals surface area contributed by atoms with E-state index in [1.807, 2.05) is 0 Å². The minimum Gasteiger partial charge on any atom is -0.481 e. The maximum atomic E-state index is 13.8. The van der Waals surface area contributed by atoms with Crippen molar-refractivity contribution < 1.29 is 71.4 Å². The average Bonchev–Trinajstić information content (AvgIpc) is 3.01. The summed E-state index contributed by atoms with van der Waals surface area (Å²) in [5.41, 5.74) is 0.733. The summed E-state index contributed by atoms with van der Waals surface area (Å²) in [6, 6.07) is 13.8. The minimum absolute atomic E-state index is 0.0220. The molecule has 0 amide bonds. The summed E-state index contributed by atoms with van der Waals surface area (Å²) < 4.78 is 48.9. The van der Waals surface area contributed by atoms with E-state index in [0.717, 1.165) is 26.0 Å². The third-order valence-electron chi connectivity index (χ3n) is 6.61. The van der Waals surface area contributed by atoms with Crippen LogP contribution in [0.2, 0.25) is 0 Å². The van der Waals surface area contributed by atoms with E-state index in [1.54, 1.807) is 37.3 Å². The largest absolute Gasteiger partial charge is 0.511 e. The lowest BCUT2D eigenvalue weighted by molar-refractivity contribution is -0.133. The van der Waals surface area contributed by atoms with Gasteiger partial charge in [-0.1, -0.05) is 30.3 Å². The van der Waals surface area contributed by atoms with Crippen molar-refractivity contribution in [1.29, 1.82) is 0 Å². The molecule has 0 fully saturated rings. The van der Waals surface area contributed by atoms with Gasteiger partial charge in [-0.3, -0.25) is 19.2 Å². The number of hydrogen-bond donors (Lipinski definition) is 0. The van der Waals surface area contributed by atoms with Crippen LogP contribution in [0.1, 0.15) is 69.1 Å². The predicted octanol–water partition coefficient (Wildman–Crippen LogP) is 5.19. The van der Waals surface area contributed by atoms with E-state index in [1.165, 1.54) is 32.9 Å². The Bertz CT molecular complexity index is 1740. The van der Waals surface area contributed by atoms with Crippen LogP contribution in [-0.4, -0.2) is 55.0 Å². The number of carbonyl (C=O) groups excluding carboxylic acids is 6. The Balaban J connectivity index is 1.75. The molecule has 0 aliphatic carbocycles. The maximum Gasteiger partial charge on any atom is 0.511 e. The fraction of sp³-hybridized carbons (Fsp3) is 0.314. The lowest BCUT2D eigenvalue weighted by Crippen LogP contribution is -2.35. The third kappa shape index (κ3) is 9.71. The topological polar surface area (TPSA) is 185 Å². The summed E-state index contributed by atoms with van der Waals surface area (Å²) in [4.78, 5) is 73.5. The van der Waals surface area contributed by atoms with Crippen molar-refractivity contribution in [3.63, 3.8) is 0 Å². The summed E-state index contributed by atoms with van der Waals surface area (Å²) in [5.74, 6) is -4.62. The fourth-order valence-corrected chi connectivity index (χ4v) is 4.88. The molecule has 1 aliphatic heterocycles. The number of esters is 5. The molecule has 4 rings (SSSR count). The Morgan fingerprint density at radius 2 is 1.36 bits per heavy atom. The predicted molar refractivity (Wildman–Crippen MR) is 169 cm³/mol. The van der Waals surface area contributed by atoms with Crippen LogP contribution >= 0.6 is 0 Å². The molecule has 3 atom stereocenters. The van der Waals surface area contributed by atoms with E-state index >= 15 is 0 Å². The van der Waals surface area contributed by atoms with Gasteiger partial charge in [0.25, 0.3) is 0 Å². The van der Waals surface area contributed by atoms with Gasteiger partial charge in [0.2, 0.25) is 12.0 Å². The van der Waals surface area contributed by atoms with Gasteiger partial charge in [0.05, 0.1) is 12.2 Å². The number of benzene rings is 3. The van der Waals surface area contributed by atoms with Crippen molar-refractivity contribution in [2.75, 3.05) is 6.61 Å². The van der Waals surface area contributed by atoms with Gasteiger partial charge >= 0.3 is 36.0 Å². The van der Waals surface area contributed by atoms with E-state index in [0.29, 0.717) is 11.1 Å². The molecule has 15 heteroatoms. The second-order valence-corrected chi connectivity index (χ2v) is 10.7. The van der Waals surface area contributed by atoms with Gasteiger partial charge in [0.1, 0.15) is 23.4 Å². The van der Waals surface area contributed by atoms with Crippen LogP contribution in [0.5, 0.6) is 34.5 Å². The summed E-state index contributed by atoms with van der Waals surface area (Å²) in [7, 11) is 0. The lowest BCUT2D eigenvalue weighted by atomic mass is 9.93. The molecule has 264 valence electrons. The Kier molecular flexibility index (Phi) is 12.0. The van der Waals surface area contributed by atoms with E-state index in [2.05, 4.69) is 0 Å². The zero-order valence-corrected chi connectivity index (χ0v) is 28.0. The van der Waals surface area contributed by atoms with Gasteiger partial charge in [0.15, 0.2) is 17.6 Å². The number of carbonyl (C=O) groups is 6. The van der Waals surface area contributed by atoms with Crippen molar-refractivity contribution in [2.45, 2.75) is 66.5 Å². The molecule has 3 aromatic carbocycles. The molecule has 1 unspecified atom stereocenters. The summed E-state index contributed by atoms with van der Waals surface area (Å²) in [6.45, 7) is 7.52. The van der Waals surface area contributed by atoms with Crippen LogP contribution in [0.25, 0.3) is 0 Å². The third-order valence-corrected chi connectivity index (χ3v) is 6.61. The lowest BCUT2D eigenvalue weighted by Gasteiger charge is -2.34. The molecule has 0 spiro atoms. The summed E-state index contributed by atoms with van der Waals surface area (Å²) in [6.07, 6.45) is -4.35. The highest BCUT2D eigenvalue weighted by molar-refractivity contribution is 5.92. The van der Waals surface area contributed by atoms with Gasteiger partial charge in [-0.15, -0.1) is 0 Å². The normalized spacial score (nSPS) is 15.2. The van der Waals surface area contributed by atoms with Gasteiger partial charge < -0.3 is 42.6 Å². The first-order chi connectivity index (χ1) is 23.7. The van der Waals surface area contributed by atoms with Crippen LogP contribution in [0.15, 0.2) is 54.6 Å². The number of rotatable bonds is 11. The quantitative estimate of drug-likeness (QED) is 0.145. The van der Waals surface area contributed by atoms with Crippen LogP contribution in [0, 0.1) is 0 Å². The summed E-state index contributed by atoms with van der Waals surface area (Å²) >= 11 is 0.